The molecule has 31 heavy (non-hydrogen) atoms. The van der Waals surface area contributed by atoms with Crippen LogP contribution in [0.2, 0.25) is 0 Å². The highest BCUT2D eigenvalue weighted by atomic mass is 19.4. The van der Waals surface area contributed by atoms with E-state index in [1.165, 1.54) is 22.9 Å². The van der Waals surface area contributed by atoms with Crippen LogP contribution in [-0.2, 0) is 18.6 Å². The largest absolute Gasteiger partial charge is 0.416 e. The van der Waals surface area contributed by atoms with Gasteiger partial charge in [-0.25, -0.2) is 0 Å². The summed E-state index contributed by atoms with van der Waals surface area (Å²) < 4.78 is 41.7. The quantitative estimate of drug-likeness (QED) is 0.579. The number of carbonyl (C=O) groups is 2. The Labute approximate surface area is 177 Å². The minimum Gasteiger partial charge on any atom is -0.321 e. The van der Waals surface area contributed by atoms with Crippen LogP contribution in [0.25, 0.3) is 0 Å². The van der Waals surface area contributed by atoms with Crippen molar-refractivity contribution in [3.8, 4) is 0 Å². The van der Waals surface area contributed by atoms with Gasteiger partial charge in [-0.05, 0) is 24.3 Å². The van der Waals surface area contributed by atoms with Crippen LogP contribution < -0.4 is 5.32 Å². The molecule has 0 bridgehead atoms. The monoisotopic (exact) mass is 429 g/mol. The molecule has 1 amide bonds. The Morgan fingerprint density at radius 2 is 1.58 bits per heavy atom. The second-order valence-corrected chi connectivity index (χ2v) is 8.23. The standard InChI is InChI=1S/C23H22F3N3O2/c1-22(2,3)19-13-18(29(4)28-19)21(31)27-17-11-15(10-16(12-17)23(24,25)26)20(30)14-8-6-5-7-9-14/h5-13H,1-4H3,(H,27,31). The molecule has 0 saturated carbocycles. The first kappa shape index (κ1) is 22.3. The second-order valence-electron chi connectivity index (χ2n) is 8.23. The van der Waals surface area contributed by atoms with Crippen molar-refractivity contribution in [3.05, 3.63) is 82.7 Å². The number of nitrogens with zero attached hydrogens (tertiary/aromatic N) is 2. The molecule has 0 fully saturated rings. The van der Waals surface area contributed by atoms with E-state index in [-0.39, 0.29) is 27.9 Å². The summed E-state index contributed by atoms with van der Waals surface area (Å²) in [6.07, 6.45) is -4.68. The van der Waals surface area contributed by atoms with E-state index in [4.69, 9.17) is 0 Å². The van der Waals surface area contributed by atoms with Crippen molar-refractivity contribution in [2.75, 3.05) is 5.32 Å². The third-order valence-corrected chi connectivity index (χ3v) is 4.70. The Balaban J connectivity index is 1.98. The zero-order valence-corrected chi connectivity index (χ0v) is 17.5. The molecule has 0 unspecified atom stereocenters. The molecule has 1 heterocycles. The van der Waals surface area contributed by atoms with E-state index in [2.05, 4.69) is 10.4 Å². The predicted octanol–water partition coefficient (Wildman–Crippen LogP) is 5.22. The highest BCUT2D eigenvalue weighted by Gasteiger charge is 2.32. The molecule has 0 spiro atoms. The topological polar surface area (TPSA) is 64.0 Å². The maximum Gasteiger partial charge on any atom is 0.416 e. The van der Waals surface area contributed by atoms with Gasteiger partial charge >= 0.3 is 6.18 Å². The summed E-state index contributed by atoms with van der Waals surface area (Å²) in [6.45, 7) is 5.81. The van der Waals surface area contributed by atoms with Gasteiger partial charge in [0.25, 0.3) is 5.91 Å². The van der Waals surface area contributed by atoms with E-state index < -0.39 is 23.4 Å². The van der Waals surface area contributed by atoms with Gasteiger partial charge < -0.3 is 5.32 Å². The summed E-state index contributed by atoms with van der Waals surface area (Å²) in [4.78, 5) is 25.5. The molecule has 0 atom stereocenters. The fraction of sp³-hybridized carbons (Fsp3) is 0.261. The third kappa shape index (κ3) is 5.02. The first-order valence-corrected chi connectivity index (χ1v) is 9.54. The molecule has 3 rings (SSSR count). The zero-order valence-electron chi connectivity index (χ0n) is 17.5. The minimum atomic E-state index is -4.68. The average molecular weight is 429 g/mol. The van der Waals surface area contributed by atoms with Gasteiger partial charge in [-0.2, -0.15) is 18.3 Å². The van der Waals surface area contributed by atoms with Gasteiger partial charge in [0, 0.05) is 29.3 Å². The number of carbonyl (C=O) groups excluding carboxylic acids is 2. The summed E-state index contributed by atoms with van der Waals surface area (Å²) in [5.74, 6) is -1.19. The number of benzene rings is 2. The molecule has 5 nitrogen and oxygen atoms in total. The van der Waals surface area contributed by atoms with Gasteiger partial charge in [0.05, 0.1) is 11.3 Å². The SMILES string of the molecule is Cn1nc(C(C)(C)C)cc1C(=O)Nc1cc(C(=O)c2ccccc2)cc(C(F)(F)F)c1. The number of halogens is 3. The van der Waals surface area contributed by atoms with Crippen LogP contribution in [0.5, 0.6) is 0 Å². The van der Waals surface area contributed by atoms with Crippen molar-refractivity contribution >= 4 is 17.4 Å². The van der Waals surface area contributed by atoms with E-state index in [0.717, 1.165) is 12.1 Å². The normalized spacial score (nSPS) is 12.0. The van der Waals surface area contributed by atoms with Crippen LogP contribution in [0.4, 0.5) is 18.9 Å². The van der Waals surface area contributed by atoms with Crippen molar-refractivity contribution in [3.63, 3.8) is 0 Å². The number of aryl methyl sites for hydroxylation is 1. The highest BCUT2D eigenvalue weighted by Crippen LogP contribution is 2.33. The Bertz CT molecular complexity index is 1130. The molecule has 0 saturated heterocycles. The number of hydrogen-bond donors (Lipinski definition) is 1. The number of aromatic nitrogens is 2. The molecule has 1 N–H and O–H groups in total. The fourth-order valence-electron chi connectivity index (χ4n) is 2.99. The van der Waals surface area contributed by atoms with E-state index in [9.17, 15) is 22.8 Å². The lowest BCUT2D eigenvalue weighted by Gasteiger charge is -2.13. The number of rotatable bonds is 4. The van der Waals surface area contributed by atoms with Crippen molar-refractivity contribution in [1.29, 1.82) is 0 Å². The van der Waals surface area contributed by atoms with Crippen LogP contribution in [0.3, 0.4) is 0 Å². The first-order chi connectivity index (χ1) is 14.4. The van der Waals surface area contributed by atoms with Crippen LogP contribution in [0.15, 0.2) is 54.6 Å². The van der Waals surface area contributed by atoms with E-state index in [1.54, 1.807) is 31.3 Å². The smallest absolute Gasteiger partial charge is 0.321 e. The molecule has 1 aromatic heterocycles. The van der Waals surface area contributed by atoms with Crippen LogP contribution in [-0.4, -0.2) is 21.5 Å². The molecule has 0 aliphatic carbocycles. The number of ketones is 1. The van der Waals surface area contributed by atoms with E-state index >= 15 is 0 Å². The van der Waals surface area contributed by atoms with Gasteiger partial charge in [0.15, 0.2) is 5.78 Å². The Morgan fingerprint density at radius 1 is 0.935 bits per heavy atom. The lowest BCUT2D eigenvalue weighted by Crippen LogP contribution is -2.17. The van der Waals surface area contributed by atoms with Crippen LogP contribution in [0, 0.1) is 0 Å². The molecule has 0 aliphatic heterocycles. The summed E-state index contributed by atoms with van der Waals surface area (Å²) in [5, 5.41) is 6.78. The molecular weight excluding hydrogens is 407 g/mol. The Hall–Kier alpha value is -3.42. The van der Waals surface area contributed by atoms with Crippen molar-refractivity contribution in [2.45, 2.75) is 32.4 Å². The summed E-state index contributed by atoms with van der Waals surface area (Å²) in [7, 11) is 1.58. The molecule has 0 aliphatic rings. The number of alkyl halides is 3. The van der Waals surface area contributed by atoms with Gasteiger partial charge in [-0.15, -0.1) is 0 Å². The summed E-state index contributed by atoms with van der Waals surface area (Å²) in [5.41, 5.74) is -0.510. The van der Waals surface area contributed by atoms with Crippen LogP contribution >= 0.6 is 0 Å². The second kappa shape index (κ2) is 8.02. The maximum atomic E-state index is 13.4. The Kier molecular flexibility index (Phi) is 5.76. The average Bonchev–Trinajstić information content (AvgIpc) is 3.09. The molecule has 2 aromatic carbocycles. The Morgan fingerprint density at radius 3 is 2.13 bits per heavy atom. The molecule has 0 radical (unpaired) electrons. The lowest BCUT2D eigenvalue weighted by molar-refractivity contribution is -0.137. The van der Waals surface area contributed by atoms with Crippen molar-refractivity contribution in [1.82, 2.24) is 9.78 Å². The molecular formula is C23H22F3N3O2. The molecule has 8 heteroatoms. The van der Waals surface area contributed by atoms with E-state index in [1.807, 2.05) is 20.8 Å². The number of nitrogens with one attached hydrogen (secondary N) is 1. The molecule has 3 aromatic rings. The van der Waals surface area contributed by atoms with E-state index in [0.29, 0.717) is 5.69 Å². The first-order valence-electron chi connectivity index (χ1n) is 9.54. The number of amides is 1. The van der Waals surface area contributed by atoms with Crippen LogP contribution in [0.1, 0.15) is 58.4 Å². The predicted molar refractivity (Wildman–Crippen MR) is 111 cm³/mol. The number of anilines is 1. The molecule has 162 valence electrons. The van der Waals surface area contributed by atoms with Gasteiger partial charge in [-0.3, -0.25) is 14.3 Å². The van der Waals surface area contributed by atoms with Crippen molar-refractivity contribution in [2.24, 2.45) is 7.05 Å². The minimum absolute atomic E-state index is 0.127. The van der Waals surface area contributed by atoms with Gasteiger partial charge in [0.2, 0.25) is 0 Å². The highest BCUT2D eigenvalue weighted by molar-refractivity contribution is 6.10. The van der Waals surface area contributed by atoms with Gasteiger partial charge in [-0.1, -0.05) is 51.1 Å². The third-order valence-electron chi connectivity index (χ3n) is 4.70. The summed E-state index contributed by atoms with van der Waals surface area (Å²) in [6, 6.07) is 12.4. The fourth-order valence-corrected chi connectivity index (χ4v) is 2.99. The maximum absolute atomic E-state index is 13.4. The van der Waals surface area contributed by atoms with Gasteiger partial charge in [0.1, 0.15) is 5.69 Å². The number of hydrogen-bond acceptors (Lipinski definition) is 3. The lowest BCUT2D eigenvalue weighted by atomic mass is 9.92. The zero-order chi connectivity index (χ0) is 23.0. The van der Waals surface area contributed by atoms with Crippen molar-refractivity contribution < 1.29 is 22.8 Å². The summed E-state index contributed by atoms with van der Waals surface area (Å²) >= 11 is 0.